The molecule has 0 spiro atoms. The molecule has 0 radical (unpaired) electrons. The van der Waals surface area contributed by atoms with E-state index in [4.69, 9.17) is 5.84 Å². The molecule has 0 aliphatic carbocycles. The number of nitrogens with one attached hydrogen (secondary N) is 1. The van der Waals surface area contributed by atoms with Crippen LogP contribution in [0.25, 0.3) is 0 Å². The minimum Gasteiger partial charge on any atom is -0.271 e. The number of hydrazine groups is 1. The van der Waals surface area contributed by atoms with E-state index in [1.807, 2.05) is 0 Å². The number of unbranched alkanes of at least 4 members (excludes halogenated alkanes) is 2. The van der Waals surface area contributed by atoms with Gasteiger partial charge in [-0.25, -0.2) is 0 Å². The number of rotatable bonds is 7. The van der Waals surface area contributed by atoms with Gasteiger partial charge in [0.1, 0.15) is 0 Å². The van der Waals surface area contributed by atoms with Crippen LogP contribution in [-0.2, 0) is 6.42 Å². The highest BCUT2D eigenvalue weighted by atomic mass is 79.9. The summed E-state index contributed by atoms with van der Waals surface area (Å²) in [5.74, 6) is 5.55. The number of hydrogen-bond donors (Lipinski definition) is 2. The van der Waals surface area contributed by atoms with Crippen molar-refractivity contribution in [2.45, 2.75) is 45.1 Å². The number of thiophene rings is 1. The summed E-state index contributed by atoms with van der Waals surface area (Å²) in [4.78, 5) is 1.39. The number of halogens is 1. The van der Waals surface area contributed by atoms with Gasteiger partial charge in [0, 0.05) is 10.9 Å². The maximum atomic E-state index is 5.55. The molecule has 3 N–H and O–H groups in total. The van der Waals surface area contributed by atoms with Crippen molar-refractivity contribution in [3.8, 4) is 0 Å². The number of nitrogens with two attached hydrogens (primary N) is 1. The van der Waals surface area contributed by atoms with Gasteiger partial charge in [0.15, 0.2) is 0 Å². The Labute approximate surface area is 104 Å². The maximum Gasteiger partial charge on any atom is 0.0701 e. The molecule has 1 rings (SSSR count). The van der Waals surface area contributed by atoms with Gasteiger partial charge in [-0.05, 0) is 40.9 Å². The second-order valence-electron chi connectivity index (χ2n) is 3.77. The lowest BCUT2D eigenvalue weighted by atomic mass is 10.1. The van der Waals surface area contributed by atoms with Crippen molar-refractivity contribution in [2.75, 3.05) is 0 Å². The van der Waals surface area contributed by atoms with Crippen LogP contribution in [0.15, 0.2) is 15.9 Å². The Balaban J connectivity index is 2.33. The van der Waals surface area contributed by atoms with Gasteiger partial charge < -0.3 is 0 Å². The zero-order valence-corrected chi connectivity index (χ0v) is 11.5. The van der Waals surface area contributed by atoms with Gasteiger partial charge in [-0.2, -0.15) is 0 Å². The molecule has 1 unspecified atom stereocenters. The van der Waals surface area contributed by atoms with E-state index in [9.17, 15) is 0 Å². The Morgan fingerprint density at radius 2 is 2.27 bits per heavy atom. The normalized spacial score (nSPS) is 13.0. The predicted molar refractivity (Wildman–Crippen MR) is 71.0 cm³/mol. The largest absolute Gasteiger partial charge is 0.271 e. The summed E-state index contributed by atoms with van der Waals surface area (Å²) in [6.07, 6.45) is 6.03. The van der Waals surface area contributed by atoms with Crippen LogP contribution < -0.4 is 11.3 Å². The minimum absolute atomic E-state index is 0.419. The van der Waals surface area contributed by atoms with Crippen LogP contribution in [0.5, 0.6) is 0 Å². The highest BCUT2D eigenvalue weighted by Gasteiger charge is 2.08. The Morgan fingerprint density at radius 1 is 1.47 bits per heavy atom. The molecule has 2 nitrogen and oxygen atoms in total. The van der Waals surface area contributed by atoms with E-state index in [-0.39, 0.29) is 0 Å². The summed E-state index contributed by atoms with van der Waals surface area (Å²) in [5, 5.41) is 0. The van der Waals surface area contributed by atoms with Crippen molar-refractivity contribution in [1.29, 1.82) is 0 Å². The molecule has 0 aliphatic heterocycles. The first-order valence-electron chi connectivity index (χ1n) is 5.46. The zero-order chi connectivity index (χ0) is 11.1. The van der Waals surface area contributed by atoms with Crippen LogP contribution in [0.1, 0.15) is 37.5 Å². The van der Waals surface area contributed by atoms with Gasteiger partial charge in [0.25, 0.3) is 0 Å². The smallest absolute Gasteiger partial charge is 0.0701 e. The quantitative estimate of drug-likeness (QED) is 0.458. The third kappa shape index (κ3) is 5.11. The lowest BCUT2D eigenvalue weighted by Crippen LogP contribution is -2.36. The van der Waals surface area contributed by atoms with E-state index in [2.05, 4.69) is 40.4 Å². The average Bonchev–Trinajstić information content (AvgIpc) is 2.63. The van der Waals surface area contributed by atoms with Crippen molar-refractivity contribution in [3.63, 3.8) is 0 Å². The van der Waals surface area contributed by atoms with Crippen LogP contribution in [0.4, 0.5) is 0 Å². The Morgan fingerprint density at radius 3 is 2.80 bits per heavy atom. The highest BCUT2D eigenvalue weighted by molar-refractivity contribution is 9.11. The molecule has 0 saturated heterocycles. The van der Waals surface area contributed by atoms with Gasteiger partial charge in [-0.3, -0.25) is 11.3 Å². The first-order valence-corrected chi connectivity index (χ1v) is 7.07. The lowest BCUT2D eigenvalue weighted by molar-refractivity contribution is 0.469. The third-order valence-corrected chi connectivity index (χ3v) is 4.11. The van der Waals surface area contributed by atoms with Gasteiger partial charge in [-0.1, -0.05) is 26.2 Å². The average molecular weight is 291 g/mol. The second-order valence-corrected chi connectivity index (χ2v) is 6.32. The molecule has 1 aromatic rings. The lowest BCUT2D eigenvalue weighted by Gasteiger charge is -2.14. The van der Waals surface area contributed by atoms with Crippen LogP contribution in [0.3, 0.4) is 0 Å². The maximum absolute atomic E-state index is 5.55. The second kappa shape index (κ2) is 7.39. The standard InChI is InChI=1S/C11H19BrN2S/c1-2-3-4-5-9(14-13)8-10-6-7-11(12)15-10/h6-7,9,14H,2-5,8,13H2,1H3. The zero-order valence-electron chi connectivity index (χ0n) is 9.13. The summed E-state index contributed by atoms with van der Waals surface area (Å²) >= 11 is 5.27. The molecule has 0 aliphatic rings. The molecule has 0 aromatic carbocycles. The predicted octanol–water partition coefficient (Wildman–Crippen LogP) is 3.47. The fourth-order valence-corrected chi connectivity index (χ4v) is 3.15. The fraction of sp³-hybridized carbons (Fsp3) is 0.636. The Bertz CT molecular complexity index is 275. The van der Waals surface area contributed by atoms with Crippen molar-refractivity contribution in [1.82, 2.24) is 5.43 Å². The molecular weight excluding hydrogens is 272 g/mol. The molecule has 86 valence electrons. The van der Waals surface area contributed by atoms with Gasteiger partial charge in [-0.15, -0.1) is 11.3 Å². The summed E-state index contributed by atoms with van der Waals surface area (Å²) in [7, 11) is 0. The van der Waals surface area contributed by atoms with E-state index in [1.165, 1.54) is 34.3 Å². The number of hydrogen-bond acceptors (Lipinski definition) is 3. The Kier molecular flexibility index (Phi) is 6.48. The van der Waals surface area contributed by atoms with Crippen molar-refractivity contribution < 1.29 is 0 Å². The molecule has 1 heterocycles. The third-order valence-electron chi connectivity index (χ3n) is 2.47. The highest BCUT2D eigenvalue weighted by Crippen LogP contribution is 2.23. The molecule has 0 saturated carbocycles. The van der Waals surface area contributed by atoms with Crippen LogP contribution in [0.2, 0.25) is 0 Å². The molecular formula is C11H19BrN2S. The van der Waals surface area contributed by atoms with Gasteiger partial charge in [0.2, 0.25) is 0 Å². The summed E-state index contributed by atoms with van der Waals surface area (Å²) in [5.41, 5.74) is 2.91. The molecule has 0 fully saturated rings. The van der Waals surface area contributed by atoms with E-state index in [1.54, 1.807) is 11.3 Å². The molecule has 4 heteroatoms. The minimum atomic E-state index is 0.419. The monoisotopic (exact) mass is 290 g/mol. The van der Waals surface area contributed by atoms with E-state index >= 15 is 0 Å². The van der Waals surface area contributed by atoms with Crippen LogP contribution in [0, 0.1) is 0 Å². The van der Waals surface area contributed by atoms with Crippen LogP contribution >= 0.6 is 27.3 Å². The van der Waals surface area contributed by atoms with Crippen molar-refractivity contribution in [2.24, 2.45) is 5.84 Å². The summed E-state index contributed by atoms with van der Waals surface area (Å²) in [6.45, 7) is 2.22. The van der Waals surface area contributed by atoms with E-state index in [0.717, 1.165) is 6.42 Å². The fourth-order valence-electron chi connectivity index (χ4n) is 1.59. The molecule has 1 atom stereocenters. The molecule has 1 aromatic heterocycles. The summed E-state index contributed by atoms with van der Waals surface area (Å²) < 4.78 is 1.20. The first-order chi connectivity index (χ1) is 7.26. The molecule has 15 heavy (non-hydrogen) atoms. The van der Waals surface area contributed by atoms with E-state index < -0.39 is 0 Å². The van der Waals surface area contributed by atoms with Gasteiger partial charge in [0.05, 0.1) is 3.79 Å². The van der Waals surface area contributed by atoms with Crippen LogP contribution in [-0.4, -0.2) is 6.04 Å². The molecule has 0 bridgehead atoms. The van der Waals surface area contributed by atoms with Crippen molar-refractivity contribution >= 4 is 27.3 Å². The Hall–Kier alpha value is 0.1000. The molecule has 0 amide bonds. The topological polar surface area (TPSA) is 38.0 Å². The first kappa shape index (κ1) is 13.2. The summed E-state index contributed by atoms with van der Waals surface area (Å²) in [6, 6.07) is 4.68. The van der Waals surface area contributed by atoms with Crippen molar-refractivity contribution in [3.05, 3.63) is 20.8 Å². The van der Waals surface area contributed by atoms with Gasteiger partial charge >= 0.3 is 0 Å². The SMILES string of the molecule is CCCCCC(Cc1ccc(Br)s1)NN. The van der Waals surface area contributed by atoms with E-state index in [0.29, 0.717) is 6.04 Å².